The second-order valence-electron chi connectivity index (χ2n) is 6.06. The summed E-state index contributed by atoms with van der Waals surface area (Å²) in [6.07, 6.45) is 3.92. The van der Waals surface area contributed by atoms with Crippen LogP contribution in [0.5, 0.6) is 0 Å². The van der Waals surface area contributed by atoms with Crippen LogP contribution in [0.3, 0.4) is 0 Å². The SMILES string of the molecule is C=CCCCO[Si](c1ccccc1)(c1ccccc1)c1ccccc1. The van der Waals surface area contributed by atoms with Gasteiger partial charge in [-0.2, -0.15) is 0 Å². The molecule has 0 radical (unpaired) electrons. The summed E-state index contributed by atoms with van der Waals surface area (Å²) in [5.41, 5.74) is 0. The highest BCUT2D eigenvalue weighted by atomic mass is 28.4. The summed E-state index contributed by atoms with van der Waals surface area (Å²) < 4.78 is 6.78. The first kappa shape index (κ1) is 17.4. The minimum Gasteiger partial charge on any atom is -0.404 e. The van der Waals surface area contributed by atoms with E-state index in [9.17, 15) is 0 Å². The molecule has 0 bridgehead atoms. The summed E-state index contributed by atoms with van der Waals surface area (Å²) in [7, 11) is -2.51. The Hall–Kier alpha value is -2.42. The molecule has 0 heterocycles. The monoisotopic (exact) mass is 344 g/mol. The average Bonchev–Trinajstić information content (AvgIpc) is 2.70. The summed E-state index contributed by atoms with van der Waals surface area (Å²) in [5.74, 6) is 0. The Labute approximate surface area is 151 Å². The normalized spacial score (nSPS) is 11.2. The quantitative estimate of drug-likeness (QED) is 0.262. The topological polar surface area (TPSA) is 9.23 Å². The maximum atomic E-state index is 6.78. The van der Waals surface area contributed by atoms with Crippen molar-refractivity contribution in [1.82, 2.24) is 0 Å². The highest BCUT2D eigenvalue weighted by Gasteiger charge is 2.41. The van der Waals surface area contributed by atoms with Gasteiger partial charge in [-0.25, -0.2) is 0 Å². The van der Waals surface area contributed by atoms with Gasteiger partial charge in [0, 0.05) is 6.61 Å². The van der Waals surface area contributed by atoms with Gasteiger partial charge in [0.15, 0.2) is 0 Å². The third kappa shape index (κ3) is 3.81. The van der Waals surface area contributed by atoms with E-state index in [1.165, 1.54) is 15.6 Å². The molecular formula is C23H24OSi. The minimum atomic E-state index is -2.51. The molecule has 0 amide bonds. The van der Waals surface area contributed by atoms with E-state index in [4.69, 9.17) is 4.43 Å². The molecular weight excluding hydrogens is 320 g/mol. The fraction of sp³-hybridized carbons (Fsp3) is 0.130. The van der Waals surface area contributed by atoms with Crippen LogP contribution in [-0.4, -0.2) is 14.9 Å². The highest BCUT2D eigenvalue weighted by molar-refractivity contribution is 7.07. The largest absolute Gasteiger partial charge is 0.404 e. The van der Waals surface area contributed by atoms with Crippen molar-refractivity contribution in [1.29, 1.82) is 0 Å². The molecule has 0 saturated heterocycles. The number of unbranched alkanes of at least 4 members (excludes halogenated alkanes) is 1. The molecule has 0 spiro atoms. The van der Waals surface area contributed by atoms with E-state index in [0.29, 0.717) is 0 Å². The van der Waals surface area contributed by atoms with Crippen molar-refractivity contribution >= 4 is 23.9 Å². The smallest absolute Gasteiger partial charge is 0.288 e. The van der Waals surface area contributed by atoms with Gasteiger partial charge in [-0.1, -0.05) is 97.1 Å². The molecule has 0 aromatic heterocycles. The van der Waals surface area contributed by atoms with Gasteiger partial charge in [-0.05, 0) is 28.4 Å². The van der Waals surface area contributed by atoms with Gasteiger partial charge in [-0.15, -0.1) is 6.58 Å². The lowest BCUT2D eigenvalue weighted by molar-refractivity contribution is 0.317. The van der Waals surface area contributed by atoms with Gasteiger partial charge < -0.3 is 4.43 Å². The second-order valence-corrected chi connectivity index (χ2v) is 9.44. The van der Waals surface area contributed by atoms with Crippen LogP contribution in [0.4, 0.5) is 0 Å². The Balaban J connectivity index is 2.15. The molecule has 0 saturated carbocycles. The minimum absolute atomic E-state index is 0.733. The molecule has 3 aromatic rings. The molecule has 126 valence electrons. The number of hydrogen-bond donors (Lipinski definition) is 0. The average molecular weight is 345 g/mol. The fourth-order valence-electron chi connectivity index (χ4n) is 3.22. The van der Waals surface area contributed by atoms with Crippen molar-refractivity contribution in [2.45, 2.75) is 12.8 Å². The van der Waals surface area contributed by atoms with Gasteiger partial charge in [0.05, 0.1) is 0 Å². The molecule has 0 N–H and O–H groups in total. The van der Waals surface area contributed by atoms with Crippen LogP contribution in [0.25, 0.3) is 0 Å². The predicted octanol–water partition coefficient (Wildman–Crippen LogP) is 3.64. The van der Waals surface area contributed by atoms with E-state index in [2.05, 4.69) is 97.6 Å². The molecule has 0 atom stereocenters. The Bertz CT molecular complexity index is 672. The number of hydrogen-bond acceptors (Lipinski definition) is 1. The Kier molecular flexibility index (Phi) is 5.99. The summed E-state index contributed by atoms with van der Waals surface area (Å²) in [4.78, 5) is 0. The first-order valence-electron chi connectivity index (χ1n) is 8.79. The Morgan fingerprint density at radius 3 is 1.44 bits per heavy atom. The van der Waals surface area contributed by atoms with Crippen LogP contribution in [0.2, 0.25) is 0 Å². The molecule has 0 aliphatic carbocycles. The van der Waals surface area contributed by atoms with E-state index in [1.807, 2.05) is 6.08 Å². The van der Waals surface area contributed by atoms with Crippen LogP contribution in [0.15, 0.2) is 104 Å². The van der Waals surface area contributed by atoms with Crippen LogP contribution in [0, 0.1) is 0 Å². The third-order valence-electron chi connectivity index (χ3n) is 4.41. The van der Waals surface area contributed by atoms with Crippen LogP contribution >= 0.6 is 0 Å². The first-order valence-corrected chi connectivity index (χ1v) is 10.7. The maximum Gasteiger partial charge on any atom is 0.288 e. The summed E-state index contributed by atoms with van der Waals surface area (Å²) in [5, 5.41) is 3.85. The molecule has 0 aliphatic heterocycles. The van der Waals surface area contributed by atoms with Crippen molar-refractivity contribution in [2.24, 2.45) is 0 Å². The Morgan fingerprint density at radius 2 is 1.08 bits per heavy atom. The zero-order chi connectivity index (χ0) is 17.4. The van der Waals surface area contributed by atoms with Gasteiger partial charge >= 0.3 is 0 Å². The molecule has 25 heavy (non-hydrogen) atoms. The van der Waals surface area contributed by atoms with E-state index >= 15 is 0 Å². The third-order valence-corrected chi connectivity index (χ3v) is 8.49. The molecule has 3 aromatic carbocycles. The lowest BCUT2D eigenvalue weighted by Gasteiger charge is -2.33. The lowest BCUT2D eigenvalue weighted by atomic mass is 10.3. The first-order chi connectivity index (χ1) is 12.4. The molecule has 2 heteroatoms. The van der Waals surface area contributed by atoms with Gasteiger partial charge in [0.2, 0.25) is 0 Å². The number of allylic oxidation sites excluding steroid dienone is 1. The second kappa shape index (κ2) is 8.61. The zero-order valence-corrected chi connectivity index (χ0v) is 15.5. The van der Waals surface area contributed by atoms with Gasteiger partial charge in [0.1, 0.15) is 0 Å². The van der Waals surface area contributed by atoms with Crippen molar-refractivity contribution in [3.05, 3.63) is 104 Å². The van der Waals surface area contributed by atoms with Crippen molar-refractivity contribution in [3.63, 3.8) is 0 Å². The van der Waals surface area contributed by atoms with E-state index in [0.717, 1.165) is 19.4 Å². The van der Waals surface area contributed by atoms with Crippen LogP contribution in [0.1, 0.15) is 12.8 Å². The fourth-order valence-corrected chi connectivity index (χ4v) is 7.16. The standard InChI is InChI=1S/C23H24OSi/c1-2-3-13-20-24-25(21-14-7-4-8-15-21,22-16-9-5-10-17-22)23-18-11-6-12-19-23/h2,4-12,14-19H,1,3,13,20H2. The molecule has 1 nitrogen and oxygen atoms in total. The van der Waals surface area contributed by atoms with Gasteiger partial charge in [-0.3, -0.25) is 0 Å². The molecule has 0 aliphatic rings. The summed E-state index contributed by atoms with van der Waals surface area (Å²) in [6, 6.07) is 32.1. The molecule has 3 rings (SSSR count). The van der Waals surface area contributed by atoms with E-state index < -0.39 is 8.32 Å². The highest BCUT2D eigenvalue weighted by Crippen LogP contribution is 2.10. The number of rotatable bonds is 8. The van der Waals surface area contributed by atoms with Crippen molar-refractivity contribution in [2.75, 3.05) is 6.61 Å². The van der Waals surface area contributed by atoms with E-state index in [-0.39, 0.29) is 0 Å². The van der Waals surface area contributed by atoms with Crippen LogP contribution < -0.4 is 15.6 Å². The summed E-state index contributed by atoms with van der Waals surface area (Å²) in [6.45, 7) is 4.56. The predicted molar refractivity (Wildman–Crippen MR) is 109 cm³/mol. The van der Waals surface area contributed by atoms with Crippen molar-refractivity contribution in [3.8, 4) is 0 Å². The van der Waals surface area contributed by atoms with Crippen LogP contribution in [-0.2, 0) is 4.43 Å². The molecule has 0 unspecified atom stereocenters. The van der Waals surface area contributed by atoms with Gasteiger partial charge in [0.25, 0.3) is 8.32 Å². The summed E-state index contributed by atoms with van der Waals surface area (Å²) >= 11 is 0. The Morgan fingerprint density at radius 1 is 0.680 bits per heavy atom. The zero-order valence-electron chi connectivity index (χ0n) is 14.5. The maximum absolute atomic E-state index is 6.78. The van der Waals surface area contributed by atoms with E-state index in [1.54, 1.807) is 0 Å². The lowest BCUT2D eigenvalue weighted by Crippen LogP contribution is -2.69. The number of benzene rings is 3. The van der Waals surface area contributed by atoms with Crippen molar-refractivity contribution < 1.29 is 4.43 Å². The molecule has 0 fully saturated rings.